The molecular weight excluding hydrogens is 350 g/mol. The molecule has 1 aromatic rings. The van der Waals surface area contributed by atoms with E-state index in [0.717, 1.165) is 0 Å². The fraction of sp³-hybridized carbons (Fsp3) is 0.526. The van der Waals surface area contributed by atoms with Gasteiger partial charge in [0.25, 0.3) is 5.91 Å². The van der Waals surface area contributed by atoms with E-state index in [9.17, 15) is 14.4 Å². The number of benzene rings is 1. The number of amides is 3. The molecule has 27 heavy (non-hydrogen) atoms. The van der Waals surface area contributed by atoms with Crippen molar-refractivity contribution >= 4 is 23.6 Å². The van der Waals surface area contributed by atoms with E-state index >= 15 is 0 Å². The van der Waals surface area contributed by atoms with Gasteiger partial charge in [-0.1, -0.05) is 0 Å². The molecule has 0 radical (unpaired) electrons. The Morgan fingerprint density at radius 2 is 1.78 bits per heavy atom. The van der Waals surface area contributed by atoms with E-state index < -0.39 is 0 Å². The summed E-state index contributed by atoms with van der Waals surface area (Å²) in [5.74, 6) is 0.242. The van der Waals surface area contributed by atoms with Crippen LogP contribution in [0.4, 0.5) is 10.5 Å². The molecule has 1 N–H and O–H groups in total. The van der Waals surface area contributed by atoms with Crippen molar-refractivity contribution in [3.63, 3.8) is 0 Å². The Balaban J connectivity index is 1.79. The molecule has 3 amide bonds. The van der Waals surface area contributed by atoms with E-state index in [2.05, 4.69) is 5.32 Å². The van der Waals surface area contributed by atoms with Crippen LogP contribution in [-0.4, -0.2) is 68.1 Å². The van der Waals surface area contributed by atoms with E-state index in [1.807, 2.05) is 0 Å². The second-order valence-electron chi connectivity index (χ2n) is 6.55. The number of likely N-dealkylation sites (N-methyl/N-ethyl adjacent to an activating group) is 1. The summed E-state index contributed by atoms with van der Waals surface area (Å²) >= 11 is 0. The van der Waals surface area contributed by atoms with E-state index in [4.69, 9.17) is 9.47 Å². The van der Waals surface area contributed by atoms with Crippen molar-refractivity contribution in [3.05, 3.63) is 24.3 Å². The normalized spacial score (nSPS) is 14.4. The van der Waals surface area contributed by atoms with Gasteiger partial charge >= 0.3 is 6.09 Å². The van der Waals surface area contributed by atoms with E-state index in [1.54, 1.807) is 50.2 Å². The van der Waals surface area contributed by atoms with Crippen molar-refractivity contribution in [2.24, 2.45) is 5.92 Å². The molecular formula is C19H27N3O5. The van der Waals surface area contributed by atoms with Crippen LogP contribution < -0.4 is 10.1 Å². The molecule has 2 rings (SSSR count). The van der Waals surface area contributed by atoms with Crippen molar-refractivity contribution in [2.45, 2.75) is 19.8 Å². The third-order valence-corrected chi connectivity index (χ3v) is 4.37. The van der Waals surface area contributed by atoms with Crippen LogP contribution >= 0.6 is 0 Å². The zero-order valence-electron chi connectivity index (χ0n) is 16.1. The Labute approximate surface area is 159 Å². The minimum absolute atomic E-state index is 0.0300. The maximum Gasteiger partial charge on any atom is 0.409 e. The number of hydrogen-bond acceptors (Lipinski definition) is 5. The first-order valence-electron chi connectivity index (χ1n) is 9.06. The second-order valence-corrected chi connectivity index (χ2v) is 6.55. The summed E-state index contributed by atoms with van der Waals surface area (Å²) in [6.07, 6.45) is 0.899. The highest BCUT2D eigenvalue weighted by atomic mass is 16.6. The van der Waals surface area contributed by atoms with Gasteiger partial charge in [0.15, 0.2) is 6.61 Å². The van der Waals surface area contributed by atoms with Crippen molar-refractivity contribution in [3.8, 4) is 5.75 Å². The van der Waals surface area contributed by atoms with Gasteiger partial charge in [-0.15, -0.1) is 0 Å². The predicted molar refractivity (Wildman–Crippen MR) is 101 cm³/mol. The predicted octanol–water partition coefficient (Wildman–Crippen LogP) is 1.96. The highest BCUT2D eigenvalue weighted by Crippen LogP contribution is 2.21. The molecule has 1 aliphatic rings. The molecule has 0 spiro atoms. The molecule has 1 fully saturated rings. The monoisotopic (exact) mass is 377 g/mol. The third-order valence-electron chi connectivity index (χ3n) is 4.37. The SMILES string of the molecule is CCOC(=O)N1CCC(C(=O)Nc2ccc(OCC(=O)N(C)C)cc2)CC1. The van der Waals surface area contributed by atoms with Crippen molar-refractivity contribution in [2.75, 3.05) is 45.7 Å². The van der Waals surface area contributed by atoms with Gasteiger partial charge in [-0.2, -0.15) is 0 Å². The van der Waals surface area contributed by atoms with Gasteiger partial charge in [0.1, 0.15) is 5.75 Å². The number of hydrogen-bond donors (Lipinski definition) is 1. The topological polar surface area (TPSA) is 88.2 Å². The van der Waals surface area contributed by atoms with Gasteiger partial charge < -0.3 is 24.6 Å². The van der Waals surface area contributed by atoms with Crippen LogP contribution in [0, 0.1) is 5.92 Å². The lowest BCUT2D eigenvalue weighted by molar-refractivity contribution is -0.130. The number of carbonyl (C=O) groups is 3. The summed E-state index contributed by atoms with van der Waals surface area (Å²) in [7, 11) is 3.34. The van der Waals surface area contributed by atoms with Gasteiger partial charge in [-0.05, 0) is 44.0 Å². The smallest absolute Gasteiger partial charge is 0.409 e. The zero-order valence-corrected chi connectivity index (χ0v) is 16.1. The van der Waals surface area contributed by atoms with E-state index in [-0.39, 0.29) is 30.4 Å². The number of rotatable bonds is 6. The first-order valence-corrected chi connectivity index (χ1v) is 9.06. The lowest BCUT2D eigenvalue weighted by atomic mass is 9.96. The summed E-state index contributed by atoms with van der Waals surface area (Å²) < 4.78 is 10.4. The van der Waals surface area contributed by atoms with Gasteiger partial charge in [0.2, 0.25) is 5.91 Å². The lowest BCUT2D eigenvalue weighted by Crippen LogP contribution is -2.41. The molecule has 1 saturated heterocycles. The first-order chi connectivity index (χ1) is 12.9. The zero-order chi connectivity index (χ0) is 19.8. The van der Waals surface area contributed by atoms with Crippen molar-refractivity contribution in [1.29, 1.82) is 0 Å². The molecule has 0 atom stereocenters. The second kappa shape index (κ2) is 9.80. The maximum absolute atomic E-state index is 12.4. The number of likely N-dealkylation sites (tertiary alicyclic amines) is 1. The first kappa shape index (κ1) is 20.5. The summed E-state index contributed by atoms with van der Waals surface area (Å²) in [4.78, 5) is 38.7. The number of nitrogens with one attached hydrogen (secondary N) is 1. The quantitative estimate of drug-likeness (QED) is 0.819. The highest BCUT2D eigenvalue weighted by molar-refractivity contribution is 5.92. The van der Waals surface area contributed by atoms with E-state index in [0.29, 0.717) is 44.0 Å². The van der Waals surface area contributed by atoms with Crippen LogP contribution in [-0.2, 0) is 14.3 Å². The minimum atomic E-state index is -0.320. The number of anilines is 1. The van der Waals surface area contributed by atoms with Crippen molar-refractivity contribution in [1.82, 2.24) is 9.80 Å². The van der Waals surface area contributed by atoms with Crippen LogP contribution in [0.15, 0.2) is 24.3 Å². The molecule has 0 aliphatic carbocycles. The van der Waals surface area contributed by atoms with Crippen LogP contribution in [0.1, 0.15) is 19.8 Å². The number of carbonyl (C=O) groups excluding carboxylic acids is 3. The molecule has 8 heteroatoms. The lowest BCUT2D eigenvalue weighted by Gasteiger charge is -2.30. The Hall–Kier alpha value is -2.77. The summed E-state index contributed by atoms with van der Waals surface area (Å²) in [6.45, 7) is 3.13. The van der Waals surface area contributed by atoms with Crippen LogP contribution in [0.3, 0.4) is 0 Å². The van der Waals surface area contributed by atoms with Crippen LogP contribution in [0.25, 0.3) is 0 Å². The number of ether oxygens (including phenoxy) is 2. The molecule has 1 aliphatic heterocycles. The fourth-order valence-corrected chi connectivity index (χ4v) is 2.69. The minimum Gasteiger partial charge on any atom is -0.484 e. The molecule has 1 heterocycles. The average molecular weight is 377 g/mol. The molecule has 0 aromatic heterocycles. The third kappa shape index (κ3) is 6.16. The summed E-state index contributed by atoms with van der Waals surface area (Å²) in [6, 6.07) is 6.89. The Morgan fingerprint density at radius 3 is 2.33 bits per heavy atom. The van der Waals surface area contributed by atoms with Crippen molar-refractivity contribution < 1.29 is 23.9 Å². The average Bonchev–Trinajstić information content (AvgIpc) is 2.67. The Morgan fingerprint density at radius 1 is 1.15 bits per heavy atom. The molecule has 0 bridgehead atoms. The van der Waals surface area contributed by atoms with Gasteiger partial charge in [-0.3, -0.25) is 9.59 Å². The number of piperidine rings is 1. The van der Waals surface area contributed by atoms with Crippen LogP contribution in [0.2, 0.25) is 0 Å². The van der Waals surface area contributed by atoms with Crippen LogP contribution in [0.5, 0.6) is 5.75 Å². The molecule has 148 valence electrons. The Kier molecular flexibility index (Phi) is 7.45. The summed E-state index contributed by atoms with van der Waals surface area (Å²) in [5, 5.41) is 2.89. The molecule has 0 unspecified atom stereocenters. The summed E-state index contributed by atoms with van der Waals surface area (Å²) in [5.41, 5.74) is 0.666. The largest absolute Gasteiger partial charge is 0.484 e. The fourth-order valence-electron chi connectivity index (χ4n) is 2.69. The van der Waals surface area contributed by atoms with Gasteiger partial charge in [0.05, 0.1) is 6.61 Å². The molecule has 1 aromatic carbocycles. The Bertz CT molecular complexity index is 652. The van der Waals surface area contributed by atoms with Gasteiger partial charge in [-0.25, -0.2) is 4.79 Å². The maximum atomic E-state index is 12.4. The van der Waals surface area contributed by atoms with E-state index in [1.165, 1.54) is 4.90 Å². The molecule has 0 saturated carbocycles. The molecule has 8 nitrogen and oxygen atoms in total. The highest BCUT2D eigenvalue weighted by Gasteiger charge is 2.27. The standard InChI is InChI=1S/C19H27N3O5/c1-4-26-19(25)22-11-9-14(10-12-22)18(24)20-15-5-7-16(8-6-15)27-13-17(23)21(2)3/h5-8,14H,4,9-13H2,1-3H3,(H,20,24). The van der Waals surface area contributed by atoms with Gasteiger partial charge in [0, 0.05) is 38.8 Å². The number of nitrogens with zero attached hydrogens (tertiary/aromatic N) is 2.